The third kappa shape index (κ3) is 3.03. The maximum atomic E-state index is 13.4. The van der Waals surface area contributed by atoms with Gasteiger partial charge in [-0.25, -0.2) is 9.36 Å². The van der Waals surface area contributed by atoms with Crippen LogP contribution in [0.3, 0.4) is 0 Å². The van der Waals surface area contributed by atoms with E-state index in [1.807, 2.05) is 0 Å². The molecule has 1 atom stereocenters. The summed E-state index contributed by atoms with van der Waals surface area (Å²) in [5.41, 5.74) is -3.66. The molecule has 1 fully saturated rings. The zero-order valence-electron chi connectivity index (χ0n) is 11.8. The molecule has 0 aliphatic carbocycles. The van der Waals surface area contributed by atoms with E-state index in [2.05, 4.69) is 0 Å². The number of nitrogens with zero attached hydrogens (tertiary/aromatic N) is 1. The molecule has 13 heteroatoms. The number of ether oxygens (including phenoxy) is 1. The molecule has 2 aliphatic heterocycles. The number of aromatic nitrogens is 2. The van der Waals surface area contributed by atoms with Gasteiger partial charge in [0.1, 0.15) is 5.76 Å². The van der Waals surface area contributed by atoms with Crippen LogP contribution in [0.2, 0.25) is 0 Å². The van der Waals surface area contributed by atoms with Gasteiger partial charge in [0.15, 0.2) is 17.6 Å². The van der Waals surface area contributed by atoms with Crippen molar-refractivity contribution in [1.29, 1.82) is 0 Å². The summed E-state index contributed by atoms with van der Waals surface area (Å²) in [5.74, 6) is -1.55. The molecular formula is C11H12FN2O8PS. The molecule has 1 aromatic heterocycles. The van der Waals surface area contributed by atoms with Gasteiger partial charge < -0.3 is 19.6 Å². The zero-order valence-corrected chi connectivity index (χ0v) is 13.6. The molecule has 0 aromatic carbocycles. The van der Waals surface area contributed by atoms with E-state index in [9.17, 15) is 23.7 Å². The quantitative estimate of drug-likeness (QED) is 0.526. The van der Waals surface area contributed by atoms with Crippen LogP contribution in [0.15, 0.2) is 27.3 Å². The largest absolute Gasteiger partial charge is 0.508 e. The van der Waals surface area contributed by atoms with Gasteiger partial charge in [0.2, 0.25) is 5.82 Å². The first-order valence-electron chi connectivity index (χ1n) is 6.55. The van der Waals surface area contributed by atoms with Gasteiger partial charge in [0.25, 0.3) is 5.56 Å². The number of halogens is 1. The number of phosphoric ester groups is 1. The minimum absolute atomic E-state index is 0.124. The monoisotopic (exact) mass is 382 g/mol. The Morgan fingerprint density at radius 2 is 2.12 bits per heavy atom. The van der Waals surface area contributed by atoms with Gasteiger partial charge >= 0.3 is 13.5 Å². The molecule has 0 radical (unpaired) electrons. The number of nitrogens with one attached hydrogen (secondary N) is 1. The summed E-state index contributed by atoms with van der Waals surface area (Å²) in [6, 6.07) is 0. The van der Waals surface area contributed by atoms with Crippen molar-refractivity contribution in [3.63, 3.8) is 0 Å². The van der Waals surface area contributed by atoms with E-state index < -0.39 is 36.7 Å². The minimum atomic E-state index is -4.86. The van der Waals surface area contributed by atoms with Gasteiger partial charge in [0.05, 0.1) is 12.6 Å². The first-order chi connectivity index (χ1) is 11.1. The van der Waals surface area contributed by atoms with Crippen molar-refractivity contribution in [2.45, 2.75) is 18.2 Å². The number of hydrogen-bond donors (Lipinski definition) is 4. The predicted octanol–water partition coefficient (Wildman–Crippen LogP) is -0.0409. The van der Waals surface area contributed by atoms with E-state index >= 15 is 0 Å². The van der Waals surface area contributed by atoms with Crippen molar-refractivity contribution in [2.75, 3.05) is 11.5 Å². The lowest BCUT2D eigenvalue weighted by Crippen LogP contribution is -2.48. The Bertz CT molecular complexity index is 870. The Balaban J connectivity index is 1.90. The second kappa shape index (κ2) is 5.74. The molecule has 3 rings (SSSR count). The highest BCUT2D eigenvalue weighted by Gasteiger charge is 2.53. The molecule has 2 aliphatic rings. The lowest BCUT2D eigenvalue weighted by Gasteiger charge is -2.40. The Labute approximate surface area is 137 Å². The maximum Gasteiger partial charge on any atom is 0.470 e. The van der Waals surface area contributed by atoms with Gasteiger partial charge in [0, 0.05) is 11.5 Å². The van der Waals surface area contributed by atoms with Gasteiger partial charge in [-0.1, -0.05) is 0 Å². The highest BCUT2D eigenvalue weighted by Crippen LogP contribution is 2.53. The number of aliphatic hydroxyl groups excluding tert-OH is 1. The molecule has 0 bridgehead atoms. The van der Waals surface area contributed by atoms with Crippen molar-refractivity contribution in [3.8, 4) is 0 Å². The normalized spacial score (nSPS) is 23.0. The van der Waals surface area contributed by atoms with E-state index in [0.29, 0.717) is 6.20 Å². The van der Waals surface area contributed by atoms with E-state index in [-0.39, 0.29) is 29.4 Å². The minimum Gasteiger partial charge on any atom is -0.508 e. The van der Waals surface area contributed by atoms with Crippen LogP contribution in [-0.2, 0) is 13.8 Å². The second-order valence-electron chi connectivity index (χ2n) is 5.26. The third-order valence-corrected chi connectivity index (χ3v) is 5.42. The van der Waals surface area contributed by atoms with E-state index in [4.69, 9.17) is 19.0 Å². The fourth-order valence-electron chi connectivity index (χ4n) is 2.44. The number of thioether (sulfide) groups is 1. The summed E-state index contributed by atoms with van der Waals surface area (Å²) in [6.07, 6.45) is -0.798. The van der Waals surface area contributed by atoms with Crippen molar-refractivity contribution < 1.29 is 33.1 Å². The van der Waals surface area contributed by atoms with Crippen LogP contribution in [0.5, 0.6) is 0 Å². The molecule has 24 heavy (non-hydrogen) atoms. The Hall–Kier alpha value is -1.59. The van der Waals surface area contributed by atoms with Crippen LogP contribution in [0, 0.1) is 5.82 Å². The molecule has 0 spiro atoms. The Morgan fingerprint density at radius 3 is 2.67 bits per heavy atom. The molecule has 0 saturated carbocycles. The first kappa shape index (κ1) is 17.2. The number of hydrogen-bond acceptors (Lipinski definition) is 7. The summed E-state index contributed by atoms with van der Waals surface area (Å²) in [7, 11) is -4.86. The van der Waals surface area contributed by atoms with Crippen molar-refractivity contribution in [1.82, 2.24) is 9.55 Å². The summed E-state index contributed by atoms with van der Waals surface area (Å²) in [6.45, 7) is 0. The highest BCUT2D eigenvalue weighted by atomic mass is 32.2. The van der Waals surface area contributed by atoms with E-state index in [1.165, 1.54) is 11.8 Å². The molecule has 3 heterocycles. The topological polar surface area (TPSA) is 151 Å². The molecule has 132 valence electrons. The van der Waals surface area contributed by atoms with Gasteiger partial charge in [-0.05, 0) is 0 Å². The van der Waals surface area contributed by atoms with Gasteiger partial charge in [-0.2, -0.15) is 16.2 Å². The van der Waals surface area contributed by atoms with Crippen LogP contribution < -0.4 is 11.2 Å². The summed E-state index contributed by atoms with van der Waals surface area (Å²) < 4.78 is 35.4. The average molecular weight is 382 g/mol. The molecule has 0 unspecified atom stereocenters. The van der Waals surface area contributed by atoms with Crippen molar-refractivity contribution in [2.24, 2.45) is 0 Å². The van der Waals surface area contributed by atoms with E-state index in [1.54, 1.807) is 4.98 Å². The number of aliphatic hydroxyl groups is 1. The van der Waals surface area contributed by atoms with Gasteiger partial charge in [-0.3, -0.25) is 18.9 Å². The smallest absolute Gasteiger partial charge is 0.470 e. The van der Waals surface area contributed by atoms with Crippen LogP contribution in [0.1, 0.15) is 12.6 Å². The summed E-state index contributed by atoms with van der Waals surface area (Å²) >= 11 is 1.31. The average Bonchev–Trinajstić information content (AvgIpc) is 2.79. The highest BCUT2D eigenvalue weighted by molar-refractivity contribution is 8.00. The Kier molecular flexibility index (Phi) is 4.12. The molecular weight excluding hydrogens is 370 g/mol. The number of H-pyrrole nitrogens is 1. The summed E-state index contributed by atoms with van der Waals surface area (Å²) in [4.78, 5) is 42.6. The fraction of sp³-hybridized carbons (Fsp3) is 0.455. The predicted molar refractivity (Wildman–Crippen MR) is 78.9 cm³/mol. The van der Waals surface area contributed by atoms with Crippen molar-refractivity contribution >= 4 is 19.6 Å². The first-order valence-corrected chi connectivity index (χ1v) is 9.24. The number of rotatable bonds is 4. The second-order valence-corrected chi connectivity index (χ2v) is 7.41. The van der Waals surface area contributed by atoms with Crippen molar-refractivity contribution in [3.05, 3.63) is 44.4 Å². The fourth-order valence-corrected chi connectivity index (χ4v) is 4.24. The number of aromatic amines is 1. The summed E-state index contributed by atoms with van der Waals surface area (Å²) in [5, 5.41) is 10.1. The standard InChI is InChI=1S/C11H12FN2O8PS/c12-5-2-14(10(17)13-9(5)16)7-1-6(15)8(21-7)11(3-24-4-11)22-23(18,19)20/h2,7,15H,1,3-4H2,(H,13,16,17)(H2,18,19,20)/t7-/m1/s1. The number of phosphoric acid groups is 1. The molecule has 10 nitrogen and oxygen atoms in total. The molecule has 4 N–H and O–H groups in total. The molecule has 0 amide bonds. The van der Waals surface area contributed by atoms with Crippen LogP contribution >= 0.6 is 19.6 Å². The zero-order chi connectivity index (χ0) is 17.7. The van der Waals surface area contributed by atoms with Crippen LogP contribution in [0.25, 0.3) is 0 Å². The van der Waals surface area contributed by atoms with Crippen LogP contribution in [-0.4, -0.2) is 41.6 Å². The van der Waals surface area contributed by atoms with Gasteiger partial charge in [-0.15, -0.1) is 0 Å². The molecule has 1 aromatic rings. The lowest BCUT2D eigenvalue weighted by molar-refractivity contribution is -0.00501. The van der Waals surface area contributed by atoms with Crippen LogP contribution in [0.4, 0.5) is 4.39 Å². The maximum absolute atomic E-state index is 13.4. The lowest BCUT2D eigenvalue weighted by atomic mass is 10.1. The third-order valence-electron chi connectivity index (χ3n) is 3.50. The van der Waals surface area contributed by atoms with E-state index in [0.717, 1.165) is 4.57 Å². The SMILES string of the molecule is O=c1[nH]c(=O)n([C@H]2CC(O)=C(C3(OP(=O)(O)O)CSC3)O2)cc1F. The Morgan fingerprint density at radius 1 is 1.46 bits per heavy atom. The molecule has 1 saturated heterocycles.